The molecule has 1 aromatic carbocycles. The van der Waals surface area contributed by atoms with Crippen LogP contribution in [-0.4, -0.2) is 20.9 Å². The predicted octanol–water partition coefficient (Wildman–Crippen LogP) is 2.34. The minimum Gasteiger partial charge on any atom is -0.476 e. The molecule has 0 radical (unpaired) electrons. The molecule has 2 rings (SSSR count). The van der Waals surface area contributed by atoms with Gasteiger partial charge in [-0.15, -0.1) is 0 Å². The predicted molar refractivity (Wildman–Crippen MR) is 55.4 cm³/mol. The van der Waals surface area contributed by atoms with E-state index >= 15 is 0 Å². The number of hydrogen-bond donors (Lipinski definition) is 1. The lowest BCUT2D eigenvalue weighted by molar-refractivity contribution is 0.0689. The topological polar surface area (TPSA) is 55.1 Å². The summed E-state index contributed by atoms with van der Waals surface area (Å²) in [4.78, 5) is 10.7. The fraction of sp³-hybridized carbons (Fsp3) is 0.0909. The minimum absolute atomic E-state index is 0.187. The molecule has 1 heterocycles. The molecule has 0 aliphatic carbocycles. The number of carboxylic acid groups (broad SMARTS) is 1. The molecule has 0 spiro atoms. The summed E-state index contributed by atoms with van der Waals surface area (Å²) in [6.07, 6.45) is 0. The van der Waals surface area contributed by atoms with Gasteiger partial charge >= 0.3 is 5.97 Å². The van der Waals surface area contributed by atoms with Crippen molar-refractivity contribution in [1.29, 1.82) is 0 Å². The van der Waals surface area contributed by atoms with Crippen LogP contribution in [0.1, 0.15) is 10.5 Å². The Morgan fingerprint density at radius 3 is 2.32 bits per heavy atom. The van der Waals surface area contributed by atoms with Gasteiger partial charge in [0.05, 0.1) is 5.69 Å². The van der Waals surface area contributed by atoms with Crippen molar-refractivity contribution >= 4 is 5.97 Å². The Morgan fingerprint density at radius 2 is 1.79 bits per heavy atom. The van der Waals surface area contributed by atoms with E-state index in [-0.39, 0.29) is 5.69 Å². The van der Waals surface area contributed by atoms with Crippen molar-refractivity contribution < 1.29 is 27.5 Å². The highest BCUT2D eigenvalue weighted by molar-refractivity contribution is 5.87. The molecule has 1 aromatic heterocycles. The molecule has 0 unspecified atom stereocenters. The molecule has 0 fully saturated rings. The number of carbonyl (C=O) groups is 1. The molecule has 2 aromatic rings. The van der Waals surface area contributed by atoms with Crippen LogP contribution in [0.3, 0.4) is 0 Å². The normalized spacial score (nSPS) is 10.8. The first kappa shape index (κ1) is 13.1. The van der Waals surface area contributed by atoms with Crippen molar-refractivity contribution in [2.45, 2.75) is 0 Å². The quantitative estimate of drug-likeness (QED) is 0.519. The van der Waals surface area contributed by atoms with Crippen LogP contribution < -0.4 is 0 Å². The third kappa shape index (κ3) is 2.05. The van der Waals surface area contributed by atoms with Crippen molar-refractivity contribution in [3.63, 3.8) is 0 Å². The molecule has 8 heteroatoms. The lowest BCUT2D eigenvalue weighted by Crippen LogP contribution is -2.02. The second-order valence-corrected chi connectivity index (χ2v) is 3.69. The second kappa shape index (κ2) is 4.38. The summed E-state index contributed by atoms with van der Waals surface area (Å²) in [5.74, 6) is -8.47. The largest absolute Gasteiger partial charge is 0.476 e. The second-order valence-electron chi connectivity index (χ2n) is 3.69. The molecular formula is C11H6F4N2O2. The Balaban J connectivity index is 2.69. The van der Waals surface area contributed by atoms with Crippen molar-refractivity contribution in [2.75, 3.05) is 0 Å². The zero-order valence-electron chi connectivity index (χ0n) is 9.42. The third-order valence-electron chi connectivity index (χ3n) is 2.48. The van der Waals surface area contributed by atoms with E-state index in [4.69, 9.17) is 5.11 Å². The lowest BCUT2D eigenvalue weighted by atomic mass is 10.1. The maximum Gasteiger partial charge on any atom is 0.356 e. The van der Waals surface area contributed by atoms with Gasteiger partial charge in [0.2, 0.25) is 0 Å². The fourth-order valence-electron chi connectivity index (χ4n) is 1.58. The smallest absolute Gasteiger partial charge is 0.356 e. The van der Waals surface area contributed by atoms with E-state index in [1.807, 2.05) is 0 Å². The zero-order valence-corrected chi connectivity index (χ0v) is 9.42. The van der Waals surface area contributed by atoms with Gasteiger partial charge in [0, 0.05) is 12.6 Å². The first-order valence-electron chi connectivity index (χ1n) is 4.93. The summed E-state index contributed by atoms with van der Waals surface area (Å²) < 4.78 is 53.5. The minimum atomic E-state index is -1.96. The van der Waals surface area contributed by atoms with Gasteiger partial charge in [-0.2, -0.15) is 5.10 Å². The number of carboxylic acids is 1. The Morgan fingerprint density at radius 1 is 1.16 bits per heavy atom. The van der Waals surface area contributed by atoms with Gasteiger partial charge in [-0.3, -0.25) is 4.68 Å². The summed E-state index contributed by atoms with van der Waals surface area (Å²) >= 11 is 0. The first-order valence-corrected chi connectivity index (χ1v) is 4.93. The summed E-state index contributed by atoms with van der Waals surface area (Å²) in [7, 11) is 1.26. The van der Waals surface area contributed by atoms with Crippen LogP contribution in [0.5, 0.6) is 0 Å². The molecule has 0 saturated carbocycles. The van der Waals surface area contributed by atoms with Crippen molar-refractivity contribution in [2.24, 2.45) is 7.05 Å². The van der Waals surface area contributed by atoms with Gasteiger partial charge < -0.3 is 5.11 Å². The van der Waals surface area contributed by atoms with E-state index in [1.54, 1.807) is 0 Å². The Kier molecular flexibility index (Phi) is 3.01. The maximum absolute atomic E-state index is 13.5. The molecule has 19 heavy (non-hydrogen) atoms. The summed E-state index contributed by atoms with van der Waals surface area (Å²) in [5.41, 5.74) is -1.23. The average Bonchev–Trinajstić information content (AvgIpc) is 2.73. The number of aromatic nitrogens is 2. The van der Waals surface area contributed by atoms with Gasteiger partial charge in [0.25, 0.3) is 0 Å². The summed E-state index contributed by atoms with van der Waals surface area (Å²) in [6, 6.07) is 1.37. The zero-order chi connectivity index (χ0) is 14.3. The molecule has 0 bridgehead atoms. The van der Waals surface area contributed by atoms with Crippen LogP contribution in [0.4, 0.5) is 17.6 Å². The summed E-state index contributed by atoms with van der Waals surface area (Å²) in [6.45, 7) is 0. The number of nitrogens with zero attached hydrogens (tertiary/aromatic N) is 2. The van der Waals surface area contributed by atoms with Gasteiger partial charge in [0.1, 0.15) is 0 Å². The van der Waals surface area contributed by atoms with Crippen LogP contribution in [0.15, 0.2) is 12.1 Å². The molecule has 0 aliphatic heterocycles. The highest BCUT2D eigenvalue weighted by atomic mass is 19.2. The molecule has 0 amide bonds. The van der Waals surface area contributed by atoms with E-state index in [1.165, 1.54) is 7.05 Å². The molecule has 4 nitrogen and oxygen atoms in total. The van der Waals surface area contributed by atoms with Gasteiger partial charge in [0.15, 0.2) is 29.0 Å². The molecule has 100 valence electrons. The number of benzene rings is 1. The number of aromatic carboxylic acids is 1. The standard InChI is InChI=1S/C11H6F4N2O2/c1-17-7(3-6(16-17)11(18)19)4-2-5(12)9(14)10(15)8(4)13/h2-3H,1H3,(H,18,19). The van der Waals surface area contributed by atoms with E-state index in [9.17, 15) is 22.4 Å². The van der Waals surface area contributed by atoms with Crippen molar-refractivity contribution in [1.82, 2.24) is 9.78 Å². The molecule has 0 aliphatic rings. The summed E-state index contributed by atoms with van der Waals surface area (Å²) in [5, 5.41) is 12.2. The molecule has 1 N–H and O–H groups in total. The number of aryl methyl sites for hydroxylation is 1. The van der Waals surface area contributed by atoms with E-state index in [0.717, 1.165) is 10.7 Å². The Bertz CT molecular complexity index is 682. The number of halogens is 4. The molecular weight excluding hydrogens is 268 g/mol. The fourth-order valence-corrected chi connectivity index (χ4v) is 1.58. The Labute approximate surface area is 103 Å². The van der Waals surface area contributed by atoms with Gasteiger partial charge in [-0.05, 0) is 12.1 Å². The van der Waals surface area contributed by atoms with E-state index < -0.39 is 40.5 Å². The Hall–Kier alpha value is -2.38. The highest BCUT2D eigenvalue weighted by Crippen LogP contribution is 2.28. The van der Waals surface area contributed by atoms with E-state index in [0.29, 0.717) is 6.07 Å². The third-order valence-corrected chi connectivity index (χ3v) is 2.48. The highest BCUT2D eigenvalue weighted by Gasteiger charge is 2.23. The first-order chi connectivity index (χ1) is 8.82. The van der Waals surface area contributed by atoms with Crippen LogP contribution >= 0.6 is 0 Å². The number of hydrogen-bond acceptors (Lipinski definition) is 2. The average molecular weight is 274 g/mol. The van der Waals surface area contributed by atoms with Crippen molar-refractivity contribution in [3.05, 3.63) is 41.1 Å². The van der Waals surface area contributed by atoms with Gasteiger partial charge in [-0.1, -0.05) is 0 Å². The van der Waals surface area contributed by atoms with E-state index in [2.05, 4.69) is 5.10 Å². The lowest BCUT2D eigenvalue weighted by Gasteiger charge is -2.05. The SMILES string of the molecule is Cn1nc(C(=O)O)cc1-c1cc(F)c(F)c(F)c1F. The molecule has 0 atom stereocenters. The maximum atomic E-state index is 13.5. The van der Waals surface area contributed by atoms with Crippen LogP contribution in [0, 0.1) is 23.3 Å². The molecule has 0 saturated heterocycles. The van der Waals surface area contributed by atoms with Crippen LogP contribution in [0.2, 0.25) is 0 Å². The van der Waals surface area contributed by atoms with Crippen molar-refractivity contribution in [3.8, 4) is 11.3 Å². The number of rotatable bonds is 2. The van der Waals surface area contributed by atoms with Crippen LogP contribution in [-0.2, 0) is 7.05 Å². The monoisotopic (exact) mass is 274 g/mol. The van der Waals surface area contributed by atoms with Crippen LogP contribution in [0.25, 0.3) is 11.3 Å². The van der Waals surface area contributed by atoms with Gasteiger partial charge in [-0.25, -0.2) is 22.4 Å².